The third-order valence-corrected chi connectivity index (χ3v) is 2.98. The molecule has 0 bridgehead atoms. The molecule has 3 N–H and O–H groups in total. The summed E-state index contributed by atoms with van der Waals surface area (Å²) in [6.45, 7) is 0. The second-order valence-electron chi connectivity index (χ2n) is 2.96. The molecular formula is C6H11N3O2S. The van der Waals surface area contributed by atoms with Crippen molar-refractivity contribution >= 4 is 10.0 Å². The van der Waals surface area contributed by atoms with Gasteiger partial charge in [-0.1, -0.05) is 0 Å². The average Bonchev–Trinajstić information content (AvgIpc) is 1.83. The van der Waals surface area contributed by atoms with Crippen LogP contribution in [0, 0.1) is 11.3 Å². The van der Waals surface area contributed by atoms with Crippen LogP contribution < -0.4 is 10.5 Å². The molecule has 1 fully saturated rings. The third-order valence-electron chi connectivity index (χ3n) is 1.78. The van der Waals surface area contributed by atoms with Crippen LogP contribution >= 0.6 is 0 Å². The van der Waals surface area contributed by atoms with Gasteiger partial charge in [-0.25, -0.2) is 13.1 Å². The Hall–Kier alpha value is -0.640. The predicted octanol–water partition coefficient (Wildman–Crippen LogP) is -1.08. The quantitative estimate of drug-likeness (QED) is 0.590. The fraction of sp³-hybridized carbons (Fsp3) is 0.833. The molecule has 0 heterocycles. The summed E-state index contributed by atoms with van der Waals surface area (Å²) >= 11 is 0. The van der Waals surface area contributed by atoms with Crippen LogP contribution in [-0.2, 0) is 10.0 Å². The zero-order chi connectivity index (χ0) is 9.19. The monoisotopic (exact) mass is 189 g/mol. The van der Waals surface area contributed by atoms with Crippen LogP contribution in [-0.4, -0.2) is 26.3 Å². The Balaban J connectivity index is 2.37. The lowest BCUT2D eigenvalue weighted by Gasteiger charge is -2.32. The van der Waals surface area contributed by atoms with E-state index in [2.05, 4.69) is 4.72 Å². The summed E-state index contributed by atoms with van der Waals surface area (Å²) in [5, 5.41) is 8.16. The van der Waals surface area contributed by atoms with E-state index >= 15 is 0 Å². The van der Waals surface area contributed by atoms with E-state index in [1.807, 2.05) is 0 Å². The molecule has 1 rings (SSSR count). The third kappa shape index (κ3) is 2.44. The number of nitrogens with two attached hydrogens (primary N) is 1. The average molecular weight is 189 g/mol. The van der Waals surface area contributed by atoms with E-state index in [-0.39, 0.29) is 12.1 Å². The topological polar surface area (TPSA) is 96.0 Å². The van der Waals surface area contributed by atoms with E-state index < -0.39 is 15.8 Å². The molecule has 12 heavy (non-hydrogen) atoms. The first-order valence-corrected chi connectivity index (χ1v) is 5.31. The molecule has 0 unspecified atom stereocenters. The molecule has 0 aromatic rings. The van der Waals surface area contributed by atoms with Crippen molar-refractivity contribution in [2.75, 3.05) is 5.75 Å². The summed E-state index contributed by atoms with van der Waals surface area (Å²) in [6.07, 6.45) is 1.34. The lowest BCUT2D eigenvalue weighted by atomic mass is 9.89. The second-order valence-corrected chi connectivity index (χ2v) is 4.72. The normalized spacial score (nSPS) is 29.0. The summed E-state index contributed by atoms with van der Waals surface area (Å²) in [5.41, 5.74) is 5.46. The van der Waals surface area contributed by atoms with Crippen molar-refractivity contribution in [1.29, 1.82) is 5.26 Å². The highest BCUT2D eigenvalue weighted by Gasteiger charge is 2.29. The van der Waals surface area contributed by atoms with Gasteiger partial charge in [-0.15, -0.1) is 0 Å². The van der Waals surface area contributed by atoms with Gasteiger partial charge in [-0.2, -0.15) is 5.26 Å². The number of nitriles is 1. The summed E-state index contributed by atoms with van der Waals surface area (Å²) in [7, 11) is -3.38. The number of hydrogen-bond acceptors (Lipinski definition) is 4. The van der Waals surface area contributed by atoms with Gasteiger partial charge in [0.25, 0.3) is 0 Å². The number of nitrogens with one attached hydrogen (secondary N) is 1. The minimum absolute atomic E-state index is 0.0571. The second kappa shape index (κ2) is 3.39. The van der Waals surface area contributed by atoms with Crippen molar-refractivity contribution in [3.63, 3.8) is 0 Å². The molecule has 6 heteroatoms. The molecule has 0 saturated heterocycles. The molecule has 5 nitrogen and oxygen atoms in total. The smallest absolute Gasteiger partial charge is 0.225 e. The molecule has 68 valence electrons. The number of rotatable bonds is 3. The summed E-state index contributed by atoms with van der Waals surface area (Å²) < 4.78 is 24.3. The summed E-state index contributed by atoms with van der Waals surface area (Å²) in [5.74, 6) is -0.473. The van der Waals surface area contributed by atoms with Gasteiger partial charge in [-0.05, 0) is 12.8 Å². The van der Waals surface area contributed by atoms with Gasteiger partial charge in [0.2, 0.25) is 10.0 Å². The Morgan fingerprint density at radius 1 is 1.58 bits per heavy atom. The molecule has 0 spiro atoms. The highest BCUT2D eigenvalue weighted by molar-refractivity contribution is 7.89. The van der Waals surface area contributed by atoms with Crippen LogP contribution in [0.5, 0.6) is 0 Å². The van der Waals surface area contributed by atoms with E-state index in [1.165, 1.54) is 0 Å². The van der Waals surface area contributed by atoms with Crippen LogP contribution in [0.1, 0.15) is 12.8 Å². The molecule has 1 aliphatic carbocycles. The molecule has 1 aliphatic rings. The molecule has 0 amide bonds. The van der Waals surface area contributed by atoms with Crippen molar-refractivity contribution in [2.24, 2.45) is 5.73 Å². The Bertz CT molecular complexity index is 286. The van der Waals surface area contributed by atoms with E-state index in [1.54, 1.807) is 6.07 Å². The lowest BCUT2D eigenvalue weighted by Crippen LogP contribution is -2.50. The zero-order valence-electron chi connectivity index (χ0n) is 6.53. The largest absolute Gasteiger partial charge is 0.328 e. The van der Waals surface area contributed by atoms with Crippen molar-refractivity contribution in [3.05, 3.63) is 0 Å². The molecule has 0 atom stereocenters. The zero-order valence-corrected chi connectivity index (χ0v) is 7.34. The Morgan fingerprint density at radius 3 is 2.58 bits per heavy atom. The van der Waals surface area contributed by atoms with Gasteiger partial charge in [0, 0.05) is 12.1 Å². The Morgan fingerprint density at radius 2 is 2.17 bits per heavy atom. The van der Waals surface area contributed by atoms with Gasteiger partial charge >= 0.3 is 0 Å². The van der Waals surface area contributed by atoms with Crippen molar-refractivity contribution < 1.29 is 8.42 Å². The number of nitrogens with zero attached hydrogens (tertiary/aromatic N) is 1. The van der Waals surface area contributed by atoms with Crippen LogP contribution in [0.2, 0.25) is 0 Å². The summed E-state index contributed by atoms with van der Waals surface area (Å²) in [6, 6.07) is 1.64. The van der Waals surface area contributed by atoms with Crippen molar-refractivity contribution in [3.8, 4) is 6.07 Å². The van der Waals surface area contributed by atoms with Crippen LogP contribution in [0.3, 0.4) is 0 Å². The van der Waals surface area contributed by atoms with Gasteiger partial charge < -0.3 is 5.73 Å². The first-order valence-electron chi connectivity index (χ1n) is 3.66. The molecular weight excluding hydrogens is 178 g/mol. The summed E-state index contributed by atoms with van der Waals surface area (Å²) in [4.78, 5) is 0. The Labute approximate surface area is 71.6 Å². The van der Waals surface area contributed by atoms with Gasteiger partial charge in [0.05, 0.1) is 6.07 Å². The minimum Gasteiger partial charge on any atom is -0.328 e. The maximum absolute atomic E-state index is 11.0. The van der Waals surface area contributed by atoms with Crippen LogP contribution in [0.15, 0.2) is 0 Å². The maximum Gasteiger partial charge on any atom is 0.225 e. The predicted molar refractivity (Wildman–Crippen MR) is 43.5 cm³/mol. The fourth-order valence-electron chi connectivity index (χ4n) is 1.14. The lowest BCUT2D eigenvalue weighted by molar-refractivity contribution is 0.327. The number of hydrogen-bond donors (Lipinski definition) is 2. The van der Waals surface area contributed by atoms with Crippen molar-refractivity contribution in [1.82, 2.24) is 4.72 Å². The molecule has 0 aliphatic heterocycles. The molecule has 0 aromatic heterocycles. The fourth-order valence-corrected chi connectivity index (χ4v) is 2.09. The first-order chi connectivity index (χ1) is 5.53. The van der Waals surface area contributed by atoms with E-state index in [0.717, 1.165) is 0 Å². The van der Waals surface area contributed by atoms with E-state index in [9.17, 15) is 8.42 Å². The van der Waals surface area contributed by atoms with Crippen LogP contribution in [0.4, 0.5) is 0 Å². The molecule has 0 radical (unpaired) electrons. The first kappa shape index (κ1) is 9.45. The van der Waals surface area contributed by atoms with E-state index in [0.29, 0.717) is 12.8 Å². The SMILES string of the molecule is N#CCS(=O)(=O)NC1CC(N)C1. The highest BCUT2D eigenvalue weighted by atomic mass is 32.2. The molecule has 1 saturated carbocycles. The van der Waals surface area contributed by atoms with E-state index in [4.69, 9.17) is 11.0 Å². The van der Waals surface area contributed by atoms with Gasteiger partial charge in [0.1, 0.15) is 0 Å². The van der Waals surface area contributed by atoms with Gasteiger partial charge in [0.15, 0.2) is 5.75 Å². The standard InChI is InChI=1S/C6H11N3O2S/c7-1-2-12(10,11)9-6-3-5(8)4-6/h5-6,9H,2-4,8H2. The minimum atomic E-state index is -3.38. The maximum atomic E-state index is 11.0. The number of sulfonamides is 1. The Kier molecular flexibility index (Phi) is 2.67. The van der Waals surface area contributed by atoms with Crippen molar-refractivity contribution in [2.45, 2.75) is 24.9 Å². The van der Waals surface area contributed by atoms with Crippen LogP contribution in [0.25, 0.3) is 0 Å². The highest BCUT2D eigenvalue weighted by Crippen LogP contribution is 2.17. The van der Waals surface area contributed by atoms with Gasteiger partial charge in [-0.3, -0.25) is 0 Å². The molecule has 0 aromatic carbocycles.